The van der Waals surface area contributed by atoms with Gasteiger partial charge in [-0.05, 0) is 36.2 Å². The van der Waals surface area contributed by atoms with Crippen molar-refractivity contribution in [3.8, 4) is 5.75 Å². The summed E-state index contributed by atoms with van der Waals surface area (Å²) >= 11 is 6.36. The van der Waals surface area contributed by atoms with Gasteiger partial charge in [0.15, 0.2) is 0 Å². The second kappa shape index (κ2) is 11.4. The van der Waals surface area contributed by atoms with E-state index in [1.807, 2.05) is 81.1 Å². The fraction of sp³-hybridized carbons (Fsp3) is 0.393. The van der Waals surface area contributed by atoms with E-state index in [1.54, 1.807) is 4.68 Å². The first kappa shape index (κ1) is 26.7. The summed E-state index contributed by atoms with van der Waals surface area (Å²) in [5.41, 5.74) is 2.36. The minimum atomic E-state index is -0.470. The summed E-state index contributed by atoms with van der Waals surface area (Å²) in [6.45, 7) is 9.78. The molecule has 0 spiro atoms. The van der Waals surface area contributed by atoms with Crippen molar-refractivity contribution in [1.29, 1.82) is 0 Å². The topological polar surface area (TPSA) is 85.7 Å². The van der Waals surface area contributed by atoms with Crippen LogP contribution in [-0.4, -0.2) is 52.3 Å². The third kappa shape index (κ3) is 6.70. The van der Waals surface area contributed by atoms with Crippen LogP contribution in [0.4, 0.5) is 5.69 Å². The quantitative estimate of drug-likeness (QED) is 0.472. The van der Waals surface area contributed by atoms with Crippen LogP contribution in [0.5, 0.6) is 5.75 Å². The Morgan fingerprint density at radius 3 is 2.65 bits per heavy atom. The largest absolute Gasteiger partial charge is 0.489 e. The molecular weight excluding hydrogens is 492 g/mol. The summed E-state index contributed by atoms with van der Waals surface area (Å²) < 4.78 is 13.3. The number of nitrogens with one attached hydrogen (secondary N) is 1. The van der Waals surface area contributed by atoms with Crippen molar-refractivity contribution >= 4 is 29.1 Å². The van der Waals surface area contributed by atoms with E-state index in [-0.39, 0.29) is 28.6 Å². The molecule has 0 bridgehead atoms. The molecule has 37 heavy (non-hydrogen) atoms. The van der Waals surface area contributed by atoms with Crippen LogP contribution >= 0.6 is 11.6 Å². The number of hydrogen-bond donors (Lipinski definition) is 1. The maximum Gasteiger partial charge on any atom is 0.275 e. The number of anilines is 1. The van der Waals surface area contributed by atoms with Gasteiger partial charge in [-0.2, -0.15) is 5.10 Å². The van der Waals surface area contributed by atoms with Crippen LogP contribution in [0.2, 0.25) is 5.02 Å². The number of halogens is 1. The van der Waals surface area contributed by atoms with Gasteiger partial charge in [0, 0.05) is 24.2 Å². The van der Waals surface area contributed by atoms with Gasteiger partial charge in [-0.3, -0.25) is 14.3 Å². The van der Waals surface area contributed by atoms with Crippen molar-refractivity contribution in [3.05, 3.63) is 76.6 Å². The standard InChI is InChI=1S/C28H33ClN4O4/c1-19-14-21(37-18-20-8-6-5-7-9-20)10-11-24(19)31-26(34)25-23(29)15-30-33(25)17-22-16-32(12-13-36-22)27(35)28(2,3)4/h5-11,14-15,22H,12-13,16-18H2,1-4H3,(H,31,34). The van der Waals surface area contributed by atoms with E-state index >= 15 is 0 Å². The Labute approximate surface area is 222 Å². The molecule has 1 unspecified atom stereocenters. The molecule has 2 amide bonds. The van der Waals surface area contributed by atoms with Crippen molar-refractivity contribution in [2.75, 3.05) is 25.0 Å². The van der Waals surface area contributed by atoms with E-state index in [0.29, 0.717) is 44.3 Å². The summed E-state index contributed by atoms with van der Waals surface area (Å²) in [5, 5.41) is 7.48. The Bertz CT molecular complexity index is 1250. The predicted octanol–water partition coefficient (Wildman–Crippen LogP) is 4.95. The Hall–Kier alpha value is -3.36. The zero-order valence-electron chi connectivity index (χ0n) is 21.7. The molecule has 9 heteroatoms. The summed E-state index contributed by atoms with van der Waals surface area (Å²) in [6, 6.07) is 15.4. The van der Waals surface area contributed by atoms with Crippen LogP contribution in [0.3, 0.4) is 0 Å². The molecule has 1 aromatic heterocycles. The molecule has 196 valence electrons. The van der Waals surface area contributed by atoms with Gasteiger partial charge in [-0.1, -0.05) is 62.7 Å². The number of aryl methyl sites for hydroxylation is 1. The van der Waals surface area contributed by atoms with E-state index in [4.69, 9.17) is 21.1 Å². The molecule has 1 N–H and O–H groups in total. The molecule has 1 fully saturated rings. The number of amides is 2. The average Bonchev–Trinajstić information content (AvgIpc) is 3.23. The van der Waals surface area contributed by atoms with Gasteiger partial charge >= 0.3 is 0 Å². The first-order valence-electron chi connectivity index (χ1n) is 12.3. The monoisotopic (exact) mass is 524 g/mol. The molecule has 8 nitrogen and oxygen atoms in total. The summed E-state index contributed by atoms with van der Waals surface area (Å²) in [4.78, 5) is 27.7. The SMILES string of the molecule is Cc1cc(OCc2ccccc2)ccc1NC(=O)c1c(Cl)cnn1CC1CN(C(=O)C(C)(C)C)CCO1. The van der Waals surface area contributed by atoms with E-state index in [9.17, 15) is 9.59 Å². The van der Waals surface area contributed by atoms with E-state index in [1.165, 1.54) is 6.20 Å². The molecule has 1 aliphatic heterocycles. The molecule has 0 aliphatic carbocycles. The lowest BCUT2D eigenvalue weighted by molar-refractivity contribution is -0.147. The van der Waals surface area contributed by atoms with E-state index < -0.39 is 5.41 Å². The summed E-state index contributed by atoms with van der Waals surface area (Å²) in [5.74, 6) is 0.414. The number of carbonyl (C=O) groups is 2. The highest BCUT2D eigenvalue weighted by Gasteiger charge is 2.32. The van der Waals surface area contributed by atoms with Gasteiger partial charge in [-0.15, -0.1) is 0 Å². The smallest absolute Gasteiger partial charge is 0.275 e. The molecule has 3 aromatic rings. The lowest BCUT2D eigenvalue weighted by Gasteiger charge is -2.36. The van der Waals surface area contributed by atoms with Crippen LogP contribution in [0, 0.1) is 12.3 Å². The van der Waals surface area contributed by atoms with Crippen molar-refractivity contribution in [1.82, 2.24) is 14.7 Å². The van der Waals surface area contributed by atoms with Gasteiger partial charge < -0.3 is 19.7 Å². The average molecular weight is 525 g/mol. The van der Waals surface area contributed by atoms with E-state index in [0.717, 1.165) is 11.1 Å². The normalized spacial score (nSPS) is 15.9. The number of ether oxygens (including phenoxy) is 2. The first-order valence-corrected chi connectivity index (χ1v) is 12.7. The van der Waals surface area contributed by atoms with Crippen molar-refractivity contribution in [2.45, 2.75) is 47.0 Å². The molecule has 0 saturated carbocycles. The molecule has 0 radical (unpaired) electrons. The minimum absolute atomic E-state index is 0.0731. The van der Waals surface area contributed by atoms with Gasteiger partial charge in [0.25, 0.3) is 5.91 Å². The van der Waals surface area contributed by atoms with Crippen molar-refractivity contribution < 1.29 is 19.1 Å². The van der Waals surface area contributed by atoms with Crippen LogP contribution in [0.15, 0.2) is 54.7 Å². The fourth-order valence-electron chi connectivity index (χ4n) is 4.20. The van der Waals surface area contributed by atoms with Gasteiger partial charge in [0.2, 0.25) is 5.91 Å². The molecule has 2 heterocycles. The number of rotatable bonds is 7. The van der Waals surface area contributed by atoms with E-state index in [2.05, 4.69) is 10.4 Å². The van der Waals surface area contributed by atoms with Crippen LogP contribution in [0.1, 0.15) is 42.4 Å². The van der Waals surface area contributed by atoms with Gasteiger partial charge in [-0.25, -0.2) is 0 Å². The number of carbonyl (C=O) groups excluding carboxylic acids is 2. The fourth-order valence-corrected chi connectivity index (χ4v) is 4.42. The Balaban J connectivity index is 1.41. The minimum Gasteiger partial charge on any atom is -0.489 e. The van der Waals surface area contributed by atoms with Crippen LogP contribution in [-0.2, 0) is 22.7 Å². The van der Waals surface area contributed by atoms with Crippen molar-refractivity contribution in [3.63, 3.8) is 0 Å². The summed E-state index contributed by atoms with van der Waals surface area (Å²) in [7, 11) is 0. The zero-order valence-corrected chi connectivity index (χ0v) is 22.4. The van der Waals surface area contributed by atoms with Gasteiger partial charge in [0.05, 0.1) is 30.5 Å². The van der Waals surface area contributed by atoms with Crippen LogP contribution in [0.25, 0.3) is 0 Å². The molecule has 1 atom stereocenters. The third-order valence-electron chi connectivity index (χ3n) is 6.15. The number of aromatic nitrogens is 2. The van der Waals surface area contributed by atoms with Crippen molar-refractivity contribution in [2.24, 2.45) is 5.41 Å². The number of nitrogens with zero attached hydrogens (tertiary/aromatic N) is 3. The maximum atomic E-state index is 13.2. The number of morpholine rings is 1. The zero-order chi connectivity index (χ0) is 26.6. The second-order valence-electron chi connectivity index (χ2n) is 10.2. The lowest BCUT2D eigenvalue weighted by Crippen LogP contribution is -2.50. The van der Waals surface area contributed by atoms with Gasteiger partial charge in [0.1, 0.15) is 18.1 Å². The Kier molecular flexibility index (Phi) is 8.19. The summed E-state index contributed by atoms with van der Waals surface area (Å²) in [6.07, 6.45) is 1.15. The van der Waals surface area contributed by atoms with Crippen LogP contribution < -0.4 is 10.1 Å². The first-order chi connectivity index (χ1) is 17.6. The second-order valence-corrected chi connectivity index (χ2v) is 10.6. The highest BCUT2D eigenvalue weighted by atomic mass is 35.5. The number of hydrogen-bond acceptors (Lipinski definition) is 5. The Morgan fingerprint density at radius 1 is 1.19 bits per heavy atom. The highest BCUT2D eigenvalue weighted by Crippen LogP contribution is 2.25. The highest BCUT2D eigenvalue weighted by molar-refractivity contribution is 6.34. The predicted molar refractivity (Wildman–Crippen MR) is 143 cm³/mol. The number of benzene rings is 2. The lowest BCUT2D eigenvalue weighted by atomic mass is 9.94. The Morgan fingerprint density at radius 2 is 1.95 bits per heavy atom. The molecule has 1 aliphatic rings. The maximum absolute atomic E-state index is 13.2. The molecule has 2 aromatic carbocycles. The molecule has 4 rings (SSSR count). The molecule has 1 saturated heterocycles. The molecular formula is C28H33ClN4O4. The third-order valence-corrected chi connectivity index (χ3v) is 6.43.